The summed E-state index contributed by atoms with van der Waals surface area (Å²) in [6, 6.07) is 5.08. The third-order valence-electron chi connectivity index (χ3n) is 1.92. The average molecular weight is 286 g/mol. The molecule has 0 aliphatic heterocycles. The molecule has 86 valence electrons. The number of methoxy groups -OCH3 is 1. The third-order valence-corrected chi connectivity index (χ3v) is 2.61. The van der Waals surface area contributed by atoms with Crippen LogP contribution in [0.15, 0.2) is 22.7 Å². The average Bonchev–Trinajstić information content (AvgIpc) is 2.26. The van der Waals surface area contributed by atoms with E-state index < -0.39 is 0 Å². The smallest absolute Gasteiger partial charge is 0.252 e. The van der Waals surface area contributed by atoms with Gasteiger partial charge in [0.1, 0.15) is 11.5 Å². The van der Waals surface area contributed by atoms with Crippen LogP contribution in [0.3, 0.4) is 0 Å². The summed E-state index contributed by atoms with van der Waals surface area (Å²) in [6.07, 6.45) is 0. The van der Waals surface area contributed by atoms with Crippen LogP contribution in [-0.4, -0.2) is 25.3 Å². The molecule has 0 saturated carbocycles. The lowest BCUT2D eigenvalue weighted by Crippen LogP contribution is -2.28. The second kappa shape index (κ2) is 5.65. The molecule has 1 aromatic carbocycles. The molecule has 5 heteroatoms. The predicted octanol–water partition coefficient (Wildman–Crippen LogP) is 1.78. The molecule has 0 unspecified atom stereocenters. The number of Topliss-reactive ketones (excluding diaryl/α,β-unsaturated/α-hetero) is 1. The zero-order valence-corrected chi connectivity index (χ0v) is 10.6. The van der Waals surface area contributed by atoms with E-state index in [2.05, 4.69) is 21.2 Å². The van der Waals surface area contributed by atoms with Crippen LogP contribution in [0, 0.1) is 0 Å². The summed E-state index contributed by atoms with van der Waals surface area (Å²) < 4.78 is 5.68. The van der Waals surface area contributed by atoms with Crippen molar-refractivity contribution in [1.82, 2.24) is 5.32 Å². The van der Waals surface area contributed by atoms with Gasteiger partial charge in [-0.15, -0.1) is 0 Å². The molecule has 0 atom stereocenters. The maximum Gasteiger partial charge on any atom is 0.252 e. The number of hydrogen-bond donors (Lipinski definition) is 1. The minimum Gasteiger partial charge on any atom is -0.497 e. The zero-order valence-electron chi connectivity index (χ0n) is 9.04. The summed E-state index contributed by atoms with van der Waals surface area (Å²) in [6.45, 7) is 1.45. The molecule has 0 bridgehead atoms. The first kappa shape index (κ1) is 12.7. The van der Waals surface area contributed by atoms with Gasteiger partial charge in [0.2, 0.25) is 0 Å². The number of benzene rings is 1. The van der Waals surface area contributed by atoms with E-state index in [0.717, 1.165) is 0 Å². The van der Waals surface area contributed by atoms with Gasteiger partial charge in [0, 0.05) is 4.47 Å². The summed E-state index contributed by atoms with van der Waals surface area (Å²) in [5, 5.41) is 2.52. The van der Waals surface area contributed by atoms with E-state index in [0.29, 0.717) is 15.8 Å². The molecule has 1 aromatic rings. The van der Waals surface area contributed by atoms with Crippen LogP contribution in [0.1, 0.15) is 17.3 Å². The SMILES string of the molecule is COc1ccc(Br)c(C(=O)NCC(C)=O)c1. The van der Waals surface area contributed by atoms with Gasteiger partial charge in [-0.25, -0.2) is 0 Å². The summed E-state index contributed by atoms with van der Waals surface area (Å²) in [5.41, 5.74) is 0.445. The quantitative estimate of drug-likeness (QED) is 0.917. The van der Waals surface area contributed by atoms with Gasteiger partial charge in [0.25, 0.3) is 5.91 Å². The van der Waals surface area contributed by atoms with Crippen LogP contribution in [0.2, 0.25) is 0 Å². The molecule has 0 fully saturated rings. The fourth-order valence-electron chi connectivity index (χ4n) is 1.11. The number of ketones is 1. The number of nitrogens with one attached hydrogen (secondary N) is 1. The Hall–Kier alpha value is -1.36. The molecule has 1 amide bonds. The van der Waals surface area contributed by atoms with E-state index in [1.165, 1.54) is 14.0 Å². The molecule has 1 rings (SSSR count). The Balaban J connectivity index is 2.85. The van der Waals surface area contributed by atoms with Crippen molar-refractivity contribution in [3.05, 3.63) is 28.2 Å². The molecule has 0 aliphatic rings. The van der Waals surface area contributed by atoms with Crippen LogP contribution in [0.5, 0.6) is 5.75 Å². The molecule has 0 radical (unpaired) electrons. The molecule has 0 heterocycles. The van der Waals surface area contributed by atoms with Gasteiger partial charge in [-0.1, -0.05) is 0 Å². The monoisotopic (exact) mass is 285 g/mol. The topological polar surface area (TPSA) is 55.4 Å². The Kier molecular flexibility index (Phi) is 4.49. The van der Waals surface area contributed by atoms with Gasteiger partial charge in [-0.05, 0) is 41.1 Å². The number of halogens is 1. The Morgan fingerprint density at radius 1 is 1.44 bits per heavy atom. The summed E-state index contributed by atoms with van der Waals surface area (Å²) in [7, 11) is 1.53. The molecule has 0 spiro atoms. The molecular formula is C11H12BrNO3. The third kappa shape index (κ3) is 3.34. The highest BCUT2D eigenvalue weighted by Gasteiger charge is 2.11. The molecule has 1 N–H and O–H groups in total. The lowest BCUT2D eigenvalue weighted by Gasteiger charge is -2.07. The summed E-state index contributed by atoms with van der Waals surface area (Å²) in [5.74, 6) is 0.199. The van der Waals surface area contributed by atoms with Crippen molar-refractivity contribution in [3.8, 4) is 5.75 Å². The lowest BCUT2D eigenvalue weighted by atomic mass is 10.2. The van der Waals surface area contributed by atoms with Crippen molar-refractivity contribution >= 4 is 27.6 Å². The van der Waals surface area contributed by atoms with Crippen LogP contribution >= 0.6 is 15.9 Å². The fourth-order valence-corrected chi connectivity index (χ4v) is 1.53. The fraction of sp³-hybridized carbons (Fsp3) is 0.273. The predicted molar refractivity (Wildman–Crippen MR) is 63.7 cm³/mol. The second-order valence-electron chi connectivity index (χ2n) is 3.23. The van der Waals surface area contributed by atoms with Gasteiger partial charge in [0.05, 0.1) is 19.2 Å². The first-order chi connectivity index (χ1) is 7.54. The minimum atomic E-state index is -0.305. The van der Waals surface area contributed by atoms with Gasteiger partial charge >= 0.3 is 0 Å². The molecular weight excluding hydrogens is 274 g/mol. The van der Waals surface area contributed by atoms with E-state index in [9.17, 15) is 9.59 Å². The minimum absolute atomic E-state index is 0.0302. The molecule has 0 saturated heterocycles. The van der Waals surface area contributed by atoms with E-state index in [4.69, 9.17) is 4.74 Å². The number of amides is 1. The Morgan fingerprint density at radius 3 is 2.69 bits per heavy atom. The van der Waals surface area contributed by atoms with Crippen LogP contribution < -0.4 is 10.1 Å². The first-order valence-corrected chi connectivity index (χ1v) is 5.45. The van der Waals surface area contributed by atoms with Gasteiger partial charge in [-0.2, -0.15) is 0 Å². The normalized spacial score (nSPS) is 9.69. The van der Waals surface area contributed by atoms with Gasteiger partial charge < -0.3 is 10.1 Å². The second-order valence-corrected chi connectivity index (χ2v) is 4.08. The first-order valence-electron chi connectivity index (χ1n) is 4.65. The van der Waals surface area contributed by atoms with Crippen molar-refractivity contribution < 1.29 is 14.3 Å². The lowest BCUT2D eigenvalue weighted by molar-refractivity contribution is -0.116. The number of rotatable bonds is 4. The van der Waals surface area contributed by atoms with Crippen LogP contribution in [-0.2, 0) is 4.79 Å². The highest BCUT2D eigenvalue weighted by atomic mass is 79.9. The summed E-state index contributed by atoms with van der Waals surface area (Å²) in [4.78, 5) is 22.4. The number of hydrogen-bond acceptors (Lipinski definition) is 3. The van der Waals surface area contributed by atoms with Crippen molar-refractivity contribution in [2.24, 2.45) is 0 Å². The standard InChI is InChI=1S/C11H12BrNO3/c1-7(14)6-13-11(15)9-5-8(16-2)3-4-10(9)12/h3-5H,6H2,1-2H3,(H,13,15). The Morgan fingerprint density at radius 2 is 2.12 bits per heavy atom. The van der Waals surface area contributed by atoms with E-state index in [-0.39, 0.29) is 18.2 Å². The van der Waals surface area contributed by atoms with Crippen LogP contribution in [0.4, 0.5) is 0 Å². The van der Waals surface area contributed by atoms with E-state index in [1.54, 1.807) is 18.2 Å². The van der Waals surface area contributed by atoms with Crippen molar-refractivity contribution in [2.75, 3.05) is 13.7 Å². The zero-order chi connectivity index (χ0) is 12.1. The number of ether oxygens (including phenoxy) is 1. The van der Waals surface area contributed by atoms with E-state index >= 15 is 0 Å². The molecule has 16 heavy (non-hydrogen) atoms. The van der Waals surface area contributed by atoms with Crippen molar-refractivity contribution in [3.63, 3.8) is 0 Å². The van der Waals surface area contributed by atoms with Gasteiger partial charge in [0.15, 0.2) is 0 Å². The highest BCUT2D eigenvalue weighted by molar-refractivity contribution is 9.10. The largest absolute Gasteiger partial charge is 0.497 e. The Labute approximate surface area is 102 Å². The van der Waals surface area contributed by atoms with Crippen LogP contribution in [0.25, 0.3) is 0 Å². The van der Waals surface area contributed by atoms with E-state index in [1.807, 2.05) is 0 Å². The number of carbonyl (C=O) groups is 2. The van der Waals surface area contributed by atoms with Crippen molar-refractivity contribution in [2.45, 2.75) is 6.92 Å². The van der Waals surface area contributed by atoms with Gasteiger partial charge in [-0.3, -0.25) is 9.59 Å². The molecule has 0 aliphatic carbocycles. The van der Waals surface area contributed by atoms with Crippen molar-refractivity contribution in [1.29, 1.82) is 0 Å². The number of carbonyl (C=O) groups excluding carboxylic acids is 2. The summed E-state index contributed by atoms with van der Waals surface area (Å²) >= 11 is 3.27. The maximum atomic E-state index is 11.7. The highest BCUT2D eigenvalue weighted by Crippen LogP contribution is 2.22. The molecule has 4 nitrogen and oxygen atoms in total. The Bertz CT molecular complexity index is 418. The maximum absolute atomic E-state index is 11.7. The molecule has 0 aromatic heterocycles.